The highest BCUT2D eigenvalue weighted by Crippen LogP contribution is 1.93. The molecular formula is C10H22FNO2. The zero-order valence-corrected chi connectivity index (χ0v) is 9.01. The molecule has 0 saturated heterocycles. The standard InChI is InChI=1S/C10H22FNO2/c1-2-3-5-13-6-4-7-14-9-10(11)8-12/h10H,2-9,12H2,1H3. The van der Waals surface area contributed by atoms with Crippen molar-refractivity contribution in [1.29, 1.82) is 0 Å². The summed E-state index contributed by atoms with van der Waals surface area (Å²) in [6.45, 7) is 4.32. The minimum absolute atomic E-state index is 0.0347. The predicted molar refractivity (Wildman–Crippen MR) is 55.1 cm³/mol. The van der Waals surface area contributed by atoms with Gasteiger partial charge in [0.05, 0.1) is 6.61 Å². The summed E-state index contributed by atoms with van der Waals surface area (Å²) in [7, 11) is 0. The number of unbranched alkanes of at least 4 members (excludes halogenated alkanes) is 1. The maximum Gasteiger partial charge on any atom is 0.135 e. The molecular weight excluding hydrogens is 185 g/mol. The first kappa shape index (κ1) is 13.8. The molecule has 4 heteroatoms. The Bertz CT molecular complexity index is 114. The van der Waals surface area contributed by atoms with Crippen LogP contribution in [0.25, 0.3) is 0 Å². The van der Waals surface area contributed by atoms with Gasteiger partial charge < -0.3 is 15.2 Å². The van der Waals surface area contributed by atoms with E-state index in [4.69, 9.17) is 15.2 Å². The third-order valence-corrected chi connectivity index (χ3v) is 1.77. The van der Waals surface area contributed by atoms with Crippen LogP contribution >= 0.6 is 0 Å². The van der Waals surface area contributed by atoms with E-state index in [9.17, 15) is 4.39 Å². The summed E-state index contributed by atoms with van der Waals surface area (Å²) in [6, 6.07) is 0. The van der Waals surface area contributed by atoms with E-state index in [-0.39, 0.29) is 13.2 Å². The SMILES string of the molecule is CCCCOCCCOCC(F)CN. The van der Waals surface area contributed by atoms with E-state index in [1.807, 2.05) is 0 Å². The second-order valence-corrected chi connectivity index (χ2v) is 3.23. The molecule has 0 aliphatic carbocycles. The lowest BCUT2D eigenvalue weighted by atomic mass is 10.4. The number of hydrogen-bond donors (Lipinski definition) is 1. The molecule has 0 rings (SSSR count). The molecule has 3 nitrogen and oxygen atoms in total. The van der Waals surface area contributed by atoms with Crippen LogP contribution in [-0.2, 0) is 9.47 Å². The van der Waals surface area contributed by atoms with Crippen LogP contribution < -0.4 is 5.73 Å². The first-order valence-corrected chi connectivity index (χ1v) is 5.30. The minimum Gasteiger partial charge on any atom is -0.381 e. The van der Waals surface area contributed by atoms with Gasteiger partial charge in [0.2, 0.25) is 0 Å². The molecule has 1 unspecified atom stereocenters. The van der Waals surface area contributed by atoms with Gasteiger partial charge >= 0.3 is 0 Å². The molecule has 0 amide bonds. The number of halogens is 1. The average molecular weight is 207 g/mol. The van der Waals surface area contributed by atoms with Crippen molar-refractivity contribution in [3.63, 3.8) is 0 Å². The van der Waals surface area contributed by atoms with Crippen LogP contribution in [0.15, 0.2) is 0 Å². The van der Waals surface area contributed by atoms with E-state index in [1.165, 1.54) is 0 Å². The van der Waals surface area contributed by atoms with E-state index >= 15 is 0 Å². The van der Waals surface area contributed by atoms with Gasteiger partial charge in [-0.15, -0.1) is 0 Å². The molecule has 86 valence electrons. The van der Waals surface area contributed by atoms with Crippen molar-refractivity contribution in [3.05, 3.63) is 0 Å². The second-order valence-electron chi connectivity index (χ2n) is 3.23. The van der Waals surface area contributed by atoms with Crippen molar-refractivity contribution in [2.24, 2.45) is 5.73 Å². The fourth-order valence-electron chi connectivity index (χ4n) is 0.891. The molecule has 0 fully saturated rings. The Morgan fingerprint density at radius 2 is 1.79 bits per heavy atom. The lowest BCUT2D eigenvalue weighted by molar-refractivity contribution is 0.0572. The maximum absolute atomic E-state index is 12.5. The van der Waals surface area contributed by atoms with Gasteiger partial charge in [0.25, 0.3) is 0 Å². The van der Waals surface area contributed by atoms with E-state index in [0.717, 1.165) is 25.9 Å². The topological polar surface area (TPSA) is 44.5 Å². The van der Waals surface area contributed by atoms with Crippen LogP contribution in [0.5, 0.6) is 0 Å². The van der Waals surface area contributed by atoms with Crippen molar-refractivity contribution < 1.29 is 13.9 Å². The Balaban J connectivity index is 2.92. The second kappa shape index (κ2) is 10.9. The molecule has 0 aliphatic rings. The summed E-state index contributed by atoms with van der Waals surface area (Å²) in [5.74, 6) is 0. The van der Waals surface area contributed by atoms with Crippen LogP contribution in [-0.4, -0.2) is 39.1 Å². The average Bonchev–Trinajstić information content (AvgIpc) is 2.21. The normalized spacial score (nSPS) is 13.1. The number of rotatable bonds is 10. The molecule has 2 N–H and O–H groups in total. The molecule has 0 aromatic heterocycles. The first-order chi connectivity index (χ1) is 6.81. The lowest BCUT2D eigenvalue weighted by Gasteiger charge is -2.07. The highest BCUT2D eigenvalue weighted by atomic mass is 19.1. The van der Waals surface area contributed by atoms with Gasteiger partial charge in [0.1, 0.15) is 6.17 Å². The zero-order chi connectivity index (χ0) is 10.6. The summed E-state index contributed by atoms with van der Waals surface area (Å²) in [5, 5.41) is 0. The van der Waals surface area contributed by atoms with Gasteiger partial charge in [-0.05, 0) is 12.8 Å². The van der Waals surface area contributed by atoms with E-state index in [1.54, 1.807) is 0 Å². The van der Waals surface area contributed by atoms with Gasteiger partial charge in [0, 0.05) is 26.4 Å². The molecule has 0 heterocycles. The zero-order valence-electron chi connectivity index (χ0n) is 9.01. The Labute approximate surface area is 85.8 Å². The van der Waals surface area contributed by atoms with E-state index in [0.29, 0.717) is 13.2 Å². The molecule has 0 aliphatic heterocycles. The number of hydrogen-bond acceptors (Lipinski definition) is 3. The minimum atomic E-state index is -1.03. The van der Waals surface area contributed by atoms with Crippen molar-refractivity contribution in [1.82, 2.24) is 0 Å². The Hall–Kier alpha value is -0.190. The third-order valence-electron chi connectivity index (χ3n) is 1.77. The molecule has 0 saturated carbocycles. The molecule has 0 aromatic carbocycles. The van der Waals surface area contributed by atoms with E-state index < -0.39 is 6.17 Å². The molecule has 0 aromatic rings. The molecule has 0 bridgehead atoms. The third kappa shape index (κ3) is 9.89. The summed E-state index contributed by atoms with van der Waals surface area (Å²) in [4.78, 5) is 0. The van der Waals surface area contributed by atoms with Crippen LogP contribution in [0.3, 0.4) is 0 Å². The fraction of sp³-hybridized carbons (Fsp3) is 1.00. The largest absolute Gasteiger partial charge is 0.381 e. The van der Waals surface area contributed by atoms with Crippen LogP contribution in [0, 0.1) is 0 Å². The van der Waals surface area contributed by atoms with Crippen LogP contribution in [0.2, 0.25) is 0 Å². The smallest absolute Gasteiger partial charge is 0.135 e. The maximum atomic E-state index is 12.5. The highest BCUT2D eigenvalue weighted by molar-refractivity contribution is 4.52. The Kier molecular flexibility index (Phi) is 10.7. The van der Waals surface area contributed by atoms with E-state index in [2.05, 4.69) is 6.92 Å². The molecule has 0 radical (unpaired) electrons. The Morgan fingerprint density at radius 3 is 2.43 bits per heavy atom. The van der Waals surface area contributed by atoms with Crippen LogP contribution in [0.4, 0.5) is 4.39 Å². The van der Waals surface area contributed by atoms with Gasteiger partial charge in [0.15, 0.2) is 0 Å². The summed E-state index contributed by atoms with van der Waals surface area (Å²) < 4.78 is 22.9. The van der Waals surface area contributed by atoms with Crippen molar-refractivity contribution >= 4 is 0 Å². The lowest BCUT2D eigenvalue weighted by Crippen LogP contribution is -2.21. The summed E-state index contributed by atoms with van der Waals surface area (Å²) in [6.07, 6.45) is 2.04. The number of nitrogens with two attached hydrogens (primary N) is 1. The molecule has 1 atom stereocenters. The quantitative estimate of drug-likeness (QED) is 0.552. The van der Waals surface area contributed by atoms with Crippen molar-refractivity contribution in [2.45, 2.75) is 32.4 Å². The number of ether oxygens (including phenoxy) is 2. The monoisotopic (exact) mass is 207 g/mol. The number of alkyl halides is 1. The molecule has 0 spiro atoms. The fourth-order valence-corrected chi connectivity index (χ4v) is 0.891. The van der Waals surface area contributed by atoms with Gasteiger partial charge in [-0.25, -0.2) is 4.39 Å². The summed E-state index contributed by atoms with van der Waals surface area (Å²) >= 11 is 0. The van der Waals surface area contributed by atoms with Gasteiger partial charge in [-0.2, -0.15) is 0 Å². The van der Waals surface area contributed by atoms with Crippen molar-refractivity contribution in [2.75, 3.05) is 33.0 Å². The summed E-state index contributed by atoms with van der Waals surface area (Å²) in [5.41, 5.74) is 5.09. The van der Waals surface area contributed by atoms with Crippen molar-refractivity contribution in [3.8, 4) is 0 Å². The predicted octanol–water partition coefficient (Wildman–Crippen LogP) is 1.51. The Morgan fingerprint density at radius 1 is 1.14 bits per heavy atom. The highest BCUT2D eigenvalue weighted by Gasteiger charge is 2.01. The first-order valence-electron chi connectivity index (χ1n) is 5.30. The molecule has 14 heavy (non-hydrogen) atoms. The van der Waals surface area contributed by atoms with Gasteiger partial charge in [-0.1, -0.05) is 13.3 Å². The van der Waals surface area contributed by atoms with Crippen LogP contribution in [0.1, 0.15) is 26.2 Å². The van der Waals surface area contributed by atoms with Gasteiger partial charge in [-0.3, -0.25) is 0 Å².